The second-order valence-electron chi connectivity index (χ2n) is 6.14. The Bertz CT molecular complexity index is 670. The van der Waals surface area contributed by atoms with Gasteiger partial charge in [-0.25, -0.2) is 8.78 Å². The van der Waals surface area contributed by atoms with Crippen LogP contribution in [0.15, 0.2) is 47.4 Å². The van der Waals surface area contributed by atoms with Crippen molar-refractivity contribution >= 4 is 11.8 Å². The molecule has 1 saturated heterocycles. The van der Waals surface area contributed by atoms with Crippen molar-refractivity contribution in [2.24, 2.45) is 0 Å². The van der Waals surface area contributed by atoms with E-state index in [0.717, 1.165) is 38.5 Å². The van der Waals surface area contributed by atoms with E-state index in [1.807, 2.05) is 23.9 Å². The summed E-state index contributed by atoms with van der Waals surface area (Å²) >= 11 is 1.85. The van der Waals surface area contributed by atoms with Gasteiger partial charge in [0.2, 0.25) is 0 Å². The highest BCUT2D eigenvalue weighted by atomic mass is 32.2. The predicted octanol–water partition coefficient (Wildman–Crippen LogP) is 4.47. The number of phenolic OH excluding ortho intramolecular Hbond substituents is 1. The Kier molecular flexibility index (Phi) is 5.74. The Morgan fingerprint density at radius 3 is 2.42 bits per heavy atom. The normalized spacial score (nSPS) is 16.4. The van der Waals surface area contributed by atoms with Gasteiger partial charge in [-0.05, 0) is 68.2 Å². The maximum Gasteiger partial charge on any atom is 0.129 e. The summed E-state index contributed by atoms with van der Waals surface area (Å²) in [6, 6.07) is 11.1. The molecule has 128 valence electrons. The van der Waals surface area contributed by atoms with Gasteiger partial charge < -0.3 is 10.0 Å². The van der Waals surface area contributed by atoms with Crippen LogP contribution in [0.2, 0.25) is 0 Å². The van der Waals surface area contributed by atoms with Gasteiger partial charge in [0.05, 0.1) is 0 Å². The van der Waals surface area contributed by atoms with Gasteiger partial charge in [-0.2, -0.15) is 0 Å². The van der Waals surface area contributed by atoms with Gasteiger partial charge in [0.15, 0.2) is 0 Å². The topological polar surface area (TPSA) is 23.5 Å². The van der Waals surface area contributed by atoms with Crippen LogP contribution in [-0.4, -0.2) is 34.9 Å². The lowest BCUT2D eigenvalue weighted by atomic mass is 10.1. The van der Waals surface area contributed by atoms with Crippen molar-refractivity contribution in [2.75, 3.05) is 19.6 Å². The molecule has 1 heterocycles. The number of hydrogen-bond donors (Lipinski definition) is 1. The van der Waals surface area contributed by atoms with Crippen LogP contribution < -0.4 is 0 Å². The largest absolute Gasteiger partial charge is 0.508 e. The van der Waals surface area contributed by atoms with Crippen LogP contribution in [0.25, 0.3) is 0 Å². The molecular weight excluding hydrogens is 328 g/mol. The average Bonchev–Trinajstić information content (AvgIpc) is 2.57. The highest BCUT2D eigenvalue weighted by Crippen LogP contribution is 2.31. The second kappa shape index (κ2) is 7.99. The number of thioether (sulfide) groups is 1. The molecule has 1 aliphatic heterocycles. The van der Waals surface area contributed by atoms with Crippen LogP contribution in [0.3, 0.4) is 0 Å². The zero-order chi connectivity index (χ0) is 16.9. The summed E-state index contributed by atoms with van der Waals surface area (Å²) in [6.07, 6.45) is 2.80. The summed E-state index contributed by atoms with van der Waals surface area (Å²) in [6.45, 7) is 2.80. The van der Waals surface area contributed by atoms with Crippen molar-refractivity contribution < 1.29 is 13.9 Å². The monoisotopic (exact) mass is 349 g/mol. The van der Waals surface area contributed by atoms with Crippen LogP contribution in [0.5, 0.6) is 5.75 Å². The first kappa shape index (κ1) is 17.2. The molecule has 0 bridgehead atoms. The Balaban J connectivity index is 1.44. The lowest BCUT2D eigenvalue weighted by molar-refractivity contribution is 0.235. The predicted molar refractivity (Wildman–Crippen MR) is 93.5 cm³/mol. The third-order valence-electron chi connectivity index (χ3n) is 4.39. The van der Waals surface area contributed by atoms with E-state index in [9.17, 15) is 13.9 Å². The molecule has 3 rings (SSSR count). The van der Waals surface area contributed by atoms with Crippen molar-refractivity contribution in [3.63, 3.8) is 0 Å². The first-order valence-electron chi connectivity index (χ1n) is 8.22. The minimum atomic E-state index is -0.525. The Hall–Kier alpha value is -1.59. The summed E-state index contributed by atoms with van der Waals surface area (Å²) in [5, 5.41) is 9.90. The summed E-state index contributed by atoms with van der Waals surface area (Å²) < 4.78 is 26.6. The van der Waals surface area contributed by atoms with E-state index in [1.54, 1.807) is 12.1 Å². The fraction of sp³-hybridized carbons (Fsp3) is 0.368. The number of aromatic hydroxyl groups is 1. The first-order chi connectivity index (χ1) is 11.6. The number of hydrogen-bond acceptors (Lipinski definition) is 3. The smallest absolute Gasteiger partial charge is 0.129 e. The number of piperidine rings is 1. The summed E-state index contributed by atoms with van der Waals surface area (Å²) in [7, 11) is 0. The zero-order valence-corrected chi connectivity index (χ0v) is 14.2. The third kappa shape index (κ3) is 4.71. The molecule has 2 aromatic carbocycles. The molecule has 24 heavy (non-hydrogen) atoms. The second-order valence-corrected chi connectivity index (χ2v) is 7.51. The van der Waals surface area contributed by atoms with Crippen LogP contribution in [-0.2, 0) is 6.42 Å². The van der Waals surface area contributed by atoms with Crippen LogP contribution in [0.4, 0.5) is 8.78 Å². The number of benzene rings is 2. The van der Waals surface area contributed by atoms with E-state index >= 15 is 0 Å². The van der Waals surface area contributed by atoms with Gasteiger partial charge >= 0.3 is 0 Å². The van der Waals surface area contributed by atoms with E-state index in [-0.39, 0.29) is 0 Å². The Morgan fingerprint density at radius 1 is 1.04 bits per heavy atom. The summed E-state index contributed by atoms with van der Waals surface area (Å²) in [5.41, 5.74) is 0.581. The van der Waals surface area contributed by atoms with Crippen molar-refractivity contribution in [1.29, 1.82) is 0 Å². The van der Waals surface area contributed by atoms with E-state index < -0.39 is 11.6 Å². The van der Waals surface area contributed by atoms with Crippen molar-refractivity contribution in [3.05, 3.63) is 59.7 Å². The molecule has 0 atom stereocenters. The molecule has 5 heteroatoms. The highest BCUT2D eigenvalue weighted by Gasteiger charge is 2.20. The fourth-order valence-corrected chi connectivity index (χ4v) is 4.10. The molecular formula is C19H21F2NOS. The molecule has 0 spiro atoms. The Labute approximate surface area is 145 Å². The number of halogens is 2. The standard InChI is InChI=1S/C19H21F2NOS/c20-15-2-1-14(19(21)13-15)7-10-22-11-8-18(9-12-22)24-17-5-3-16(23)4-6-17/h1-6,13,18,23H,7-12H2. The molecule has 0 unspecified atom stereocenters. The van der Waals surface area contributed by atoms with E-state index in [4.69, 9.17) is 0 Å². The molecule has 1 aliphatic rings. The summed E-state index contributed by atoms with van der Waals surface area (Å²) in [5.74, 6) is -0.682. The Morgan fingerprint density at radius 2 is 1.75 bits per heavy atom. The van der Waals surface area contributed by atoms with Crippen molar-refractivity contribution in [2.45, 2.75) is 29.4 Å². The molecule has 2 nitrogen and oxygen atoms in total. The SMILES string of the molecule is Oc1ccc(SC2CCN(CCc3ccc(F)cc3F)CC2)cc1. The third-order valence-corrected chi connectivity index (χ3v) is 5.74. The van der Waals surface area contributed by atoms with Gasteiger partial charge in [-0.15, -0.1) is 11.8 Å². The minimum Gasteiger partial charge on any atom is -0.508 e. The molecule has 0 saturated carbocycles. The molecule has 0 radical (unpaired) electrons. The first-order valence-corrected chi connectivity index (χ1v) is 9.10. The van der Waals surface area contributed by atoms with Crippen LogP contribution in [0.1, 0.15) is 18.4 Å². The lowest BCUT2D eigenvalue weighted by Crippen LogP contribution is -2.36. The van der Waals surface area contributed by atoms with E-state index in [2.05, 4.69) is 4.90 Å². The maximum absolute atomic E-state index is 13.7. The van der Waals surface area contributed by atoms with E-state index in [0.29, 0.717) is 23.0 Å². The highest BCUT2D eigenvalue weighted by molar-refractivity contribution is 8.00. The van der Waals surface area contributed by atoms with E-state index in [1.165, 1.54) is 17.0 Å². The van der Waals surface area contributed by atoms with Gasteiger partial charge in [0.1, 0.15) is 17.4 Å². The van der Waals surface area contributed by atoms with Gasteiger partial charge in [0.25, 0.3) is 0 Å². The zero-order valence-electron chi connectivity index (χ0n) is 13.4. The number of rotatable bonds is 5. The molecule has 2 aromatic rings. The number of nitrogens with zero attached hydrogens (tertiary/aromatic N) is 1. The fourth-order valence-electron chi connectivity index (χ4n) is 2.97. The van der Waals surface area contributed by atoms with Crippen LogP contribution >= 0.6 is 11.8 Å². The molecule has 0 amide bonds. The average molecular weight is 349 g/mol. The molecule has 0 aromatic heterocycles. The maximum atomic E-state index is 13.7. The summed E-state index contributed by atoms with van der Waals surface area (Å²) in [4.78, 5) is 3.52. The van der Waals surface area contributed by atoms with Gasteiger partial charge in [-0.1, -0.05) is 6.07 Å². The number of likely N-dealkylation sites (tertiary alicyclic amines) is 1. The van der Waals surface area contributed by atoms with Crippen LogP contribution in [0, 0.1) is 11.6 Å². The van der Waals surface area contributed by atoms with Gasteiger partial charge in [0, 0.05) is 22.8 Å². The molecule has 0 aliphatic carbocycles. The van der Waals surface area contributed by atoms with Gasteiger partial charge in [-0.3, -0.25) is 0 Å². The molecule has 1 fully saturated rings. The lowest BCUT2D eigenvalue weighted by Gasteiger charge is -2.31. The molecule has 1 N–H and O–H groups in total. The van der Waals surface area contributed by atoms with Crippen molar-refractivity contribution in [3.8, 4) is 5.75 Å². The van der Waals surface area contributed by atoms with Crippen molar-refractivity contribution in [1.82, 2.24) is 4.90 Å². The quantitative estimate of drug-likeness (QED) is 0.861. The number of phenols is 1. The minimum absolute atomic E-state index is 0.294.